The molecule has 0 bridgehead atoms. The molecule has 0 N–H and O–H groups in total. The van der Waals surface area contributed by atoms with Gasteiger partial charge in [-0.1, -0.05) is 170 Å². The van der Waals surface area contributed by atoms with Gasteiger partial charge < -0.3 is 0 Å². The first kappa shape index (κ1) is 35.9. The Balaban J connectivity index is 1.04. The summed E-state index contributed by atoms with van der Waals surface area (Å²) in [7, 11) is 0. The number of fused-ring (bicyclic) bond motifs is 3. The highest BCUT2D eigenvalue weighted by Gasteiger charge is 2.20. The van der Waals surface area contributed by atoms with Crippen LogP contribution in [0.5, 0.6) is 0 Å². The van der Waals surface area contributed by atoms with Crippen LogP contribution in [0.1, 0.15) is 5.56 Å². The summed E-state index contributed by atoms with van der Waals surface area (Å²) in [5, 5.41) is 26.7. The first-order valence-electron chi connectivity index (χ1n) is 21.6. The van der Waals surface area contributed by atoms with Gasteiger partial charge in [0.2, 0.25) is 0 Å². The van der Waals surface area contributed by atoms with E-state index < -0.39 is 0 Å². The highest BCUT2D eigenvalue weighted by Crippen LogP contribution is 2.45. The number of hydrogen-bond donors (Lipinski definition) is 0. The molecule has 0 radical (unpaired) electrons. The fourth-order valence-electron chi connectivity index (χ4n) is 10.1. The molecular weight excluding hydrogens is 777 g/mol. The van der Waals surface area contributed by atoms with Crippen molar-refractivity contribution in [3.8, 4) is 62.5 Å². The lowest BCUT2D eigenvalue weighted by atomic mass is 9.86. The molecule has 0 atom stereocenters. The first-order valence-corrected chi connectivity index (χ1v) is 21.6. The Morgan fingerprint density at radius 3 is 1.42 bits per heavy atom. The van der Waals surface area contributed by atoms with E-state index in [4.69, 9.17) is 15.0 Å². The number of nitriles is 1. The van der Waals surface area contributed by atoms with Gasteiger partial charge in [-0.25, -0.2) is 15.0 Å². The molecule has 1 aromatic heterocycles. The van der Waals surface area contributed by atoms with E-state index in [0.29, 0.717) is 23.0 Å². The Morgan fingerprint density at radius 2 is 0.766 bits per heavy atom. The van der Waals surface area contributed by atoms with Gasteiger partial charge in [0.05, 0.1) is 11.6 Å². The summed E-state index contributed by atoms with van der Waals surface area (Å²) in [6.07, 6.45) is 0. The minimum absolute atomic E-state index is 0.588. The van der Waals surface area contributed by atoms with Crippen LogP contribution in [0.25, 0.3) is 132 Å². The van der Waals surface area contributed by atoms with Gasteiger partial charge in [0.1, 0.15) is 0 Å². The van der Waals surface area contributed by atoms with Gasteiger partial charge in [-0.2, -0.15) is 5.26 Å². The summed E-state index contributed by atoms with van der Waals surface area (Å²) in [6.45, 7) is 0. The first-order chi connectivity index (χ1) is 31.7. The van der Waals surface area contributed by atoms with Gasteiger partial charge in [-0.3, -0.25) is 0 Å². The van der Waals surface area contributed by atoms with Crippen LogP contribution >= 0.6 is 0 Å². The van der Waals surface area contributed by atoms with E-state index in [1.807, 2.05) is 66.7 Å². The molecule has 0 fully saturated rings. The SMILES string of the molecule is N#Cc1ccc(-c2cccc(-c3nc(-c4ccccc4)nc(-c4ccc(-c5cc6ccc7cccc8c9cccc%10ccc%11cccc(c(c5)c6c78)c%11c%109)c5ccccc45)n3)c2)cc1. The summed E-state index contributed by atoms with van der Waals surface area (Å²) < 4.78 is 0. The maximum Gasteiger partial charge on any atom is 0.164 e. The Kier molecular flexibility index (Phi) is 7.94. The highest BCUT2D eigenvalue weighted by atomic mass is 15.0. The van der Waals surface area contributed by atoms with Gasteiger partial charge in [0.25, 0.3) is 0 Å². The van der Waals surface area contributed by atoms with Crippen molar-refractivity contribution in [2.75, 3.05) is 0 Å². The zero-order chi connectivity index (χ0) is 42.3. The third-order valence-corrected chi connectivity index (χ3v) is 13.0. The fraction of sp³-hybridized carbons (Fsp3) is 0. The van der Waals surface area contributed by atoms with E-state index in [1.54, 1.807) is 0 Å². The average Bonchev–Trinajstić information content (AvgIpc) is 3.37. The van der Waals surface area contributed by atoms with Gasteiger partial charge in [-0.15, -0.1) is 0 Å². The minimum Gasteiger partial charge on any atom is -0.208 e. The second-order valence-corrected chi connectivity index (χ2v) is 16.6. The van der Waals surface area contributed by atoms with Crippen molar-refractivity contribution < 1.29 is 0 Å². The molecule has 0 aliphatic carbocycles. The van der Waals surface area contributed by atoms with Crippen LogP contribution in [0.2, 0.25) is 0 Å². The monoisotopic (exact) mass is 810 g/mol. The average molecular weight is 811 g/mol. The van der Waals surface area contributed by atoms with Crippen LogP contribution in [-0.2, 0) is 0 Å². The largest absolute Gasteiger partial charge is 0.208 e. The van der Waals surface area contributed by atoms with Crippen molar-refractivity contribution in [2.45, 2.75) is 0 Å². The molecule has 13 rings (SSSR count). The molecule has 13 aromatic rings. The molecule has 1 heterocycles. The van der Waals surface area contributed by atoms with Crippen molar-refractivity contribution in [1.82, 2.24) is 15.0 Å². The summed E-state index contributed by atoms with van der Waals surface area (Å²) in [6, 6.07) is 75.5. The molecular formula is C60H34N4. The molecule has 0 unspecified atom stereocenters. The molecule has 294 valence electrons. The van der Waals surface area contributed by atoms with Crippen molar-refractivity contribution in [2.24, 2.45) is 0 Å². The second-order valence-electron chi connectivity index (χ2n) is 16.6. The lowest BCUT2D eigenvalue weighted by Crippen LogP contribution is -2.01. The zero-order valence-electron chi connectivity index (χ0n) is 34.4. The van der Waals surface area contributed by atoms with Crippen molar-refractivity contribution in [1.29, 1.82) is 5.26 Å². The van der Waals surface area contributed by atoms with Gasteiger partial charge >= 0.3 is 0 Å². The standard InChI is InChI=1S/C60H34N4/c61-35-36-22-24-37(25-23-36)42-15-6-16-44(32-42)59-62-58(41-10-2-1-3-11-41)63-60(64-59)52-31-30-46(47-17-4-5-18-48(47)52)45-33-43-29-28-40-13-8-20-50-49-19-7-12-38-26-27-39-14-9-21-51(56(39)54(38)49)53(34-45)57(43)55(40)50/h1-34H. The van der Waals surface area contributed by atoms with Crippen LogP contribution in [0.3, 0.4) is 0 Å². The fourth-order valence-corrected chi connectivity index (χ4v) is 10.1. The molecule has 0 aliphatic rings. The number of benzene rings is 11. The van der Waals surface area contributed by atoms with Crippen LogP contribution < -0.4 is 0 Å². The lowest BCUT2D eigenvalue weighted by molar-refractivity contribution is 1.08. The summed E-state index contributed by atoms with van der Waals surface area (Å²) in [5.41, 5.74) is 7.68. The molecule has 64 heavy (non-hydrogen) atoms. The maximum absolute atomic E-state index is 9.38. The van der Waals surface area contributed by atoms with Gasteiger partial charge in [0, 0.05) is 16.7 Å². The Hall–Kier alpha value is -8.78. The van der Waals surface area contributed by atoms with E-state index >= 15 is 0 Å². The second kappa shape index (κ2) is 14.1. The van der Waals surface area contributed by atoms with Crippen molar-refractivity contribution >= 4 is 75.4 Å². The van der Waals surface area contributed by atoms with E-state index in [0.717, 1.165) is 49.7 Å². The normalized spacial score (nSPS) is 11.7. The van der Waals surface area contributed by atoms with Crippen LogP contribution in [0, 0.1) is 11.3 Å². The Morgan fingerprint density at radius 1 is 0.281 bits per heavy atom. The molecule has 4 heteroatoms. The molecule has 0 saturated heterocycles. The van der Waals surface area contributed by atoms with Crippen LogP contribution in [-0.4, -0.2) is 15.0 Å². The molecule has 0 saturated carbocycles. The maximum atomic E-state index is 9.38. The highest BCUT2D eigenvalue weighted by molar-refractivity contribution is 6.37. The molecule has 0 amide bonds. The predicted molar refractivity (Wildman–Crippen MR) is 265 cm³/mol. The lowest BCUT2D eigenvalue weighted by Gasteiger charge is -2.18. The van der Waals surface area contributed by atoms with E-state index in [9.17, 15) is 5.26 Å². The Labute approximate surface area is 368 Å². The van der Waals surface area contributed by atoms with Gasteiger partial charge in [0.15, 0.2) is 17.5 Å². The van der Waals surface area contributed by atoms with E-state index in [-0.39, 0.29) is 0 Å². The molecule has 4 nitrogen and oxygen atoms in total. The summed E-state index contributed by atoms with van der Waals surface area (Å²) in [5.74, 6) is 1.80. The summed E-state index contributed by atoms with van der Waals surface area (Å²) in [4.78, 5) is 15.5. The van der Waals surface area contributed by atoms with E-state index in [1.165, 1.54) is 64.6 Å². The minimum atomic E-state index is 0.588. The van der Waals surface area contributed by atoms with Gasteiger partial charge in [-0.05, 0) is 134 Å². The predicted octanol–water partition coefficient (Wildman–Crippen LogP) is 15.6. The number of aromatic nitrogens is 3. The molecule has 0 aliphatic heterocycles. The third kappa shape index (κ3) is 5.58. The van der Waals surface area contributed by atoms with Crippen molar-refractivity contribution in [3.05, 3.63) is 212 Å². The van der Waals surface area contributed by atoms with Crippen molar-refractivity contribution in [3.63, 3.8) is 0 Å². The molecule has 0 spiro atoms. The molecule has 12 aromatic carbocycles. The van der Waals surface area contributed by atoms with Crippen LogP contribution in [0.4, 0.5) is 0 Å². The zero-order valence-corrected chi connectivity index (χ0v) is 34.4. The Bertz CT molecular complexity index is 4070. The third-order valence-electron chi connectivity index (χ3n) is 13.0. The summed E-state index contributed by atoms with van der Waals surface area (Å²) >= 11 is 0. The topological polar surface area (TPSA) is 62.5 Å². The number of hydrogen-bond acceptors (Lipinski definition) is 4. The van der Waals surface area contributed by atoms with Crippen LogP contribution in [0.15, 0.2) is 206 Å². The number of rotatable bonds is 5. The number of nitrogens with zero attached hydrogens (tertiary/aromatic N) is 4. The quantitative estimate of drug-likeness (QED) is 0.162. The van der Waals surface area contributed by atoms with E-state index in [2.05, 4.69) is 146 Å². The smallest absolute Gasteiger partial charge is 0.164 e.